The number of aliphatic hydroxyl groups excluding tert-OH is 1. The maximum absolute atomic E-state index is 9.95. The molecule has 0 heterocycles. The molecular weight excluding hydrogens is 250 g/mol. The maximum Gasteiger partial charge on any atom is 0.0897 e. The fourth-order valence-electron chi connectivity index (χ4n) is 2.94. The number of aliphatic hydroxyl groups is 1. The van der Waals surface area contributed by atoms with Crippen molar-refractivity contribution in [1.29, 1.82) is 0 Å². The molecule has 120 valence electrons. The molecular formula is C17H35NO2. The van der Waals surface area contributed by atoms with Crippen LogP contribution in [0.15, 0.2) is 0 Å². The van der Waals surface area contributed by atoms with Crippen molar-refractivity contribution in [1.82, 2.24) is 5.32 Å². The molecule has 0 radical (unpaired) electrons. The van der Waals surface area contributed by atoms with Gasteiger partial charge in [-0.1, -0.05) is 52.4 Å². The summed E-state index contributed by atoms with van der Waals surface area (Å²) in [5.74, 6) is 0.751. The Kier molecular flexibility index (Phi) is 10.3. The van der Waals surface area contributed by atoms with Crippen molar-refractivity contribution in [3.05, 3.63) is 0 Å². The summed E-state index contributed by atoms with van der Waals surface area (Å²) < 4.78 is 5.80. The van der Waals surface area contributed by atoms with Crippen molar-refractivity contribution in [3.8, 4) is 0 Å². The second-order valence-electron chi connectivity index (χ2n) is 6.32. The molecule has 2 unspecified atom stereocenters. The smallest absolute Gasteiger partial charge is 0.0897 e. The highest BCUT2D eigenvalue weighted by Crippen LogP contribution is 2.20. The minimum absolute atomic E-state index is 0.361. The Morgan fingerprint density at radius 1 is 1.15 bits per heavy atom. The molecule has 20 heavy (non-hydrogen) atoms. The number of rotatable bonds is 11. The molecule has 0 aromatic rings. The number of hydrogen-bond acceptors (Lipinski definition) is 3. The molecule has 1 fully saturated rings. The van der Waals surface area contributed by atoms with Crippen LogP contribution in [0.3, 0.4) is 0 Å². The molecule has 0 aromatic heterocycles. The molecule has 1 rings (SSSR count). The first-order valence-corrected chi connectivity index (χ1v) is 8.76. The largest absolute Gasteiger partial charge is 0.389 e. The lowest BCUT2D eigenvalue weighted by atomic mass is 9.98. The van der Waals surface area contributed by atoms with Crippen LogP contribution in [-0.4, -0.2) is 37.0 Å². The third-order valence-electron chi connectivity index (χ3n) is 4.43. The molecule has 1 aliphatic rings. The Bertz CT molecular complexity index is 217. The molecule has 0 bridgehead atoms. The zero-order chi connectivity index (χ0) is 14.6. The van der Waals surface area contributed by atoms with Crippen molar-refractivity contribution in [2.45, 2.75) is 83.8 Å². The number of ether oxygens (including phenoxy) is 1. The molecule has 2 atom stereocenters. The summed E-state index contributed by atoms with van der Waals surface area (Å²) in [4.78, 5) is 0. The number of unbranched alkanes of at least 4 members (excludes halogenated alkanes) is 1. The van der Waals surface area contributed by atoms with Gasteiger partial charge < -0.3 is 15.2 Å². The van der Waals surface area contributed by atoms with E-state index in [2.05, 4.69) is 19.2 Å². The van der Waals surface area contributed by atoms with Crippen molar-refractivity contribution < 1.29 is 9.84 Å². The fraction of sp³-hybridized carbons (Fsp3) is 1.00. The standard InChI is InChI=1S/C17H35NO2/c1-3-5-9-15(4-2)12-18-13-16(19)14-20-17-10-7-6-8-11-17/h15-19H,3-14H2,1-2H3. The third-order valence-corrected chi connectivity index (χ3v) is 4.43. The molecule has 0 saturated heterocycles. The highest BCUT2D eigenvalue weighted by molar-refractivity contribution is 4.68. The van der Waals surface area contributed by atoms with Crippen LogP contribution in [0.1, 0.15) is 71.6 Å². The second-order valence-corrected chi connectivity index (χ2v) is 6.32. The van der Waals surface area contributed by atoms with Crippen molar-refractivity contribution in [3.63, 3.8) is 0 Å². The van der Waals surface area contributed by atoms with Gasteiger partial charge in [-0.25, -0.2) is 0 Å². The predicted octanol–water partition coefficient (Wildman–Crippen LogP) is 3.50. The first kappa shape index (κ1) is 17.9. The van der Waals surface area contributed by atoms with Crippen LogP contribution in [0, 0.1) is 5.92 Å². The SMILES string of the molecule is CCCCC(CC)CNCC(O)COC1CCCCC1. The Balaban J connectivity index is 2.02. The lowest BCUT2D eigenvalue weighted by Crippen LogP contribution is -2.34. The highest BCUT2D eigenvalue weighted by atomic mass is 16.5. The third kappa shape index (κ3) is 8.23. The van der Waals surface area contributed by atoms with Gasteiger partial charge in [-0.05, 0) is 31.7 Å². The van der Waals surface area contributed by atoms with E-state index in [1.165, 1.54) is 57.8 Å². The monoisotopic (exact) mass is 285 g/mol. The summed E-state index contributed by atoms with van der Waals surface area (Å²) in [5.41, 5.74) is 0. The number of nitrogens with one attached hydrogen (secondary N) is 1. The topological polar surface area (TPSA) is 41.5 Å². The van der Waals surface area contributed by atoms with Crippen LogP contribution in [0.5, 0.6) is 0 Å². The Labute approximate surface area is 125 Å². The van der Waals surface area contributed by atoms with Gasteiger partial charge in [0.1, 0.15) is 0 Å². The van der Waals surface area contributed by atoms with Crippen LogP contribution in [0.4, 0.5) is 0 Å². The van der Waals surface area contributed by atoms with Crippen LogP contribution >= 0.6 is 0 Å². The van der Waals surface area contributed by atoms with Crippen LogP contribution < -0.4 is 5.32 Å². The first-order chi connectivity index (χ1) is 9.76. The van der Waals surface area contributed by atoms with Crippen LogP contribution in [0.25, 0.3) is 0 Å². The van der Waals surface area contributed by atoms with E-state index in [1.807, 2.05) is 0 Å². The highest BCUT2D eigenvalue weighted by Gasteiger charge is 2.15. The quantitative estimate of drug-likeness (QED) is 0.610. The lowest BCUT2D eigenvalue weighted by molar-refractivity contribution is -0.0231. The summed E-state index contributed by atoms with van der Waals surface area (Å²) in [7, 11) is 0. The fourth-order valence-corrected chi connectivity index (χ4v) is 2.94. The van der Waals surface area contributed by atoms with E-state index in [0.29, 0.717) is 19.3 Å². The van der Waals surface area contributed by atoms with E-state index in [4.69, 9.17) is 4.74 Å². The predicted molar refractivity (Wildman–Crippen MR) is 85.0 cm³/mol. The van der Waals surface area contributed by atoms with Gasteiger partial charge in [0.05, 0.1) is 18.8 Å². The maximum atomic E-state index is 9.95. The van der Waals surface area contributed by atoms with Gasteiger partial charge >= 0.3 is 0 Å². The molecule has 0 amide bonds. The van der Waals surface area contributed by atoms with Gasteiger partial charge in [-0.15, -0.1) is 0 Å². The summed E-state index contributed by atoms with van der Waals surface area (Å²) >= 11 is 0. The molecule has 0 spiro atoms. The first-order valence-electron chi connectivity index (χ1n) is 8.76. The van der Waals surface area contributed by atoms with E-state index in [0.717, 1.165) is 12.5 Å². The molecule has 3 heteroatoms. The molecule has 3 nitrogen and oxygen atoms in total. The second kappa shape index (κ2) is 11.5. The zero-order valence-electron chi connectivity index (χ0n) is 13.6. The Morgan fingerprint density at radius 3 is 2.55 bits per heavy atom. The Hall–Kier alpha value is -0.120. The van der Waals surface area contributed by atoms with E-state index in [-0.39, 0.29) is 6.10 Å². The van der Waals surface area contributed by atoms with E-state index >= 15 is 0 Å². The summed E-state index contributed by atoms with van der Waals surface area (Å²) in [6, 6.07) is 0. The van der Waals surface area contributed by atoms with E-state index in [9.17, 15) is 5.11 Å². The molecule has 1 saturated carbocycles. The van der Waals surface area contributed by atoms with Gasteiger partial charge in [0.2, 0.25) is 0 Å². The van der Waals surface area contributed by atoms with Gasteiger partial charge in [-0.2, -0.15) is 0 Å². The minimum Gasteiger partial charge on any atom is -0.389 e. The van der Waals surface area contributed by atoms with Crippen molar-refractivity contribution >= 4 is 0 Å². The average molecular weight is 285 g/mol. The van der Waals surface area contributed by atoms with E-state index in [1.54, 1.807) is 0 Å². The molecule has 0 aromatic carbocycles. The van der Waals surface area contributed by atoms with Crippen LogP contribution in [0.2, 0.25) is 0 Å². The van der Waals surface area contributed by atoms with Gasteiger partial charge in [0.15, 0.2) is 0 Å². The van der Waals surface area contributed by atoms with Crippen molar-refractivity contribution in [2.24, 2.45) is 5.92 Å². The Morgan fingerprint density at radius 2 is 1.90 bits per heavy atom. The van der Waals surface area contributed by atoms with Crippen molar-refractivity contribution in [2.75, 3.05) is 19.7 Å². The summed E-state index contributed by atoms with van der Waals surface area (Å²) in [6.45, 7) is 6.67. The summed E-state index contributed by atoms with van der Waals surface area (Å²) in [5, 5.41) is 13.4. The molecule has 1 aliphatic carbocycles. The minimum atomic E-state index is -0.361. The lowest BCUT2D eigenvalue weighted by Gasteiger charge is -2.24. The zero-order valence-corrected chi connectivity index (χ0v) is 13.6. The van der Waals surface area contributed by atoms with E-state index < -0.39 is 0 Å². The molecule has 0 aliphatic heterocycles. The van der Waals surface area contributed by atoms with Crippen LogP contribution in [-0.2, 0) is 4.74 Å². The number of hydrogen-bond donors (Lipinski definition) is 2. The molecule has 2 N–H and O–H groups in total. The summed E-state index contributed by atoms with van der Waals surface area (Å²) in [6.07, 6.45) is 11.4. The normalized spacial score (nSPS) is 19.9. The van der Waals surface area contributed by atoms with Gasteiger partial charge in [-0.3, -0.25) is 0 Å². The van der Waals surface area contributed by atoms with Gasteiger partial charge in [0, 0.05) is 6.54 Å². The van der Waals surface area contributed by atoms with Gasteiger partial charge in [0.25, 0.3) is 0 Å². The average Bonchev–Trinajstić information content (AvgIpc) is 2.49.